The van der Waals surface area contributed by atoms with Gasteiger partial charge in [0.1, 0.15) is 11.6 Å². The third-order valence-corrected chi connectivity index (χ3v) is 8.67. The van der Waals surface area contributed by atoms with Gasteiger partial charge in [-0.3, -0.25) is 9.52 Å². The molecule has 3 aliphatic heterocycles. The summed E-state index contributed by atoms with van der Waals surface area (Å²) < 4.78 is 33.9. The normalized spacial score (nSPS) is 22.0. The molecule has 5 heterocycles. The first kappa shape index (κ1) is 28.0. The Hall–Kier alpha value is -3.13. The van der Waals surface area contributed by atoms with E-state index < -0.39 is 10.0 Å². The lowest BCUT2D eigenvalue weighted by Gasteiger charge is -2.35. The molecule has 3 saturated heterocycles. The lowest BCUT2D eigenvalue weighted by Crippen LogP contribution is -2.39. The predicted octanol–water partition coefficient (Wildman–Crippen LogP) is 2.53. The molecule has 41 heavy (non-hydrogen) atoms. The minimum atomic E-state index is -3.61. The molecule has 12 nitrogen and oxygen atoms in total. The molecule has 2 N–H and O–H groups in total. The third kappa shape index (κ3) is 5.94. The minimum absolute atomic E-state index is 0.190. The van der Waals surface area contributed by atoms with Crippen molar-refractivity contribution in [2.45, 2.75) is 37.8 Å². The van der Waals surface area contributed by atoms with Crippen LogP contribution >= 0.6 is 11.6 Å². The van der Waals surface area contributed by atoms with Gasteiger partial charge < -0.3 is 24.5 Å². The zero-order chi connectivity index (χ0) is 28.7. The van der Waals surface area contributed by atoms with Crippen molar-refractivity contribution in [1.82, 2.24) is 19.5 Å². The van der Waals surface area contributed by atoms with E-state index in [1.165, 1.54) is 12.1 Å². The Balaban J connectivity index is 1.39. The maximum Gasteiger partial charge on any atom is 0.256 e. The Morgan fingerprint density at radius 2 is 1.88 bits per heavy atom. The number of aromatic nitrogens is 3. The first-order valence-corrected chi connectivity index (χ1v) is 16.2. The number of anilines is 3. The van der Waals surface area contributed by atoms with Crippen LogP contribution in [-0.4, -0.2) is 97.2 Å². The summed E-state index contributed by atoms with van der Waals surface area (Å²) in [5.41, 5.74) is 1.77. The summed E-state index contributed by atoms with van der Waals surface area (Å²) in [6.07, 6.45) is 3.82. The Labute approximate surface area is 243 Å². The highest BCUT2D eigenvalue weighted by Crippen LogP contribution is 2.35. The number of hydrogen-bond acceptors (Lipinski definition) is 9. The number of halogens is 1. The number of carbonyl (C=O) groups excluding carboxylic acids is 1. The van der Waals surface area contributed by atoms with E-state index in [9.17, 15) is 18.3 Å². The second kappa shape index (κ2) is 11.3. The number of fused-ring (bicyclic) bond motifs is 1. The number of carbonyl (C=O) groups is 1. The molecule has 2 aromatic heterocycles. The molecule has 3 aliphatic rings. The number of likely N-dealkylation sites (tertiary alicyclic amines) is 1. The van der Waals surface area contributed by atoms with Gasteiger partial charge in [-0.05, 0) is 43.9 Å². The van der Waals surface area contributed by atoms with Crippen molar-refractivity contribution in [2.24, 2.45) is 0 Å². The van der Waals surface area contributed by atoms with Crippen LogP contribution < -0.4 is 14.5 Å². The van der Waals surface area contributed by atoms with Crippen LogP contribution in [0.2, 0.25) is 5.02 Å². The molecule has 14 heteroatoms. The number of morpholine rings is 1. The molecule has 0 radical (unpaired) electrons. The van der Waals surface area contributed by atoms with Gasteiger partial charge in [-0.1, -0.05) is 11.6 Å². The van der Waals surface area contributed by atoms with E-state index in [1.807, 2.05) is 16.6 Å². The molecular weight excluding hydrogens is 570 g/mol. The molecule has 2 unspecified atom stereocenters. The minimum Gasteiger partial charge on any atom is -0.391 e. The van der Waals surface area contributed by atoms with E-state index >= 15 is 0 Å². The van der Waals surface area contributed by atoms with E-state index in [-0.39, 0.29) is 29.3 Å². The standard InChI is InChI=1S/C27H34ClN7O5S/c1-41(38,39)31-21-6-5-18(28)14-20(21)27(37)34-8-3-2-4-23(34)22-15-25-29-24(33-9-7-19(36)17-33)16-26(35(25)30-22)32-10-12-40-13-11-32/h5-6,14-16,19,23,31,36H,2-4,7-13,17H2,1H3. The van der Waals surface area contributed by atoms with E-state index in [1.54, 1.807) is 11.0 Å². The Kier molecular flexibility index (Phi) is 7.70. The number of rotatable bonds is 6. The van der Waals surface area contributed by atoms with Crippen molar-refractivity contribution in [2.75, 3.05) is 66.7 Å². The fraction of sp³-hybridized carbons (Fsp3) is 0.519. The number of ether oxygens (including phenoxy) is 1. The molecule has 6 rings (SSSR count). The quantitative estimate of drug-likeness (QED) is 0.436. The van der Waals surface area contributed by atoms with Gasteiger partial charge in [0.25, 0.3) is 5.91 Å². The number of β-amino-alcohol motifs (C(OH)–C–C–N with tert-alkyl or cyclic N) is 1. The molecule has 3 fully saturated rings. The van der Waals surface area contributed by atoms with E-state index in [0.717, 1.165) is 56.1 Å². The lowest BCUT2D eigenvalue weighted by atomic mass is 9.98. The lowest BCUT2D eigenvalue weighted by molar-refractivity contribution is 0.0606. The number of hydrogen-bond donors (Lipinski definition) is 2. The molecular formula is C27H34ClN7O5S. The maximum absolute atomic E-state index is 14.0. The number of aliphatic hydroxyl groups is 1. The molecule has 1 amide bonds. The molecule has 220 valence electrons. The zero-order valence-electron chi connectivity index (χ0n) is 22.9. The number of sulfonamides is 1. The average Bonchev–Trinajstić information content (AvgIpc) is 3.59. The van der Waals surface area contributed by atoms with Crippen LogP contribution in [0.5, 0.6) is 0 Å². The van der Waals surface area contributed by atoms with Gasteiger partial charge in [0.15, 0.2) is 5.65 Å². The van der Waals surface area contributed by atoms with Crippen LogP contribution in [0.25, 0.3) is 5.65 Å². The predicted molar refractivity (Wildman–Crippen MR) is 156 cm³/mol. The summed E-state index contributed by atoms with van der Waals surface area (Å²) in [6, 6.07) is 8.20. The summed E-state index contributed by atoms with van der Waals surface area (Å²) in [7, 11) is -3.61. The fourth-order valence-corrected chi connectivity index (χ4v) is 6.62. The molecule has 1 aromatic carbocycles. The highest BCUT2D eigenvalue weighted by molar-refractivity contribution is 7.92. The highest BCUT2D eigenvalue weighted by atomic mass is 35.5. The Bertz CT molecular complexity index is 1560. The molecule has 0 aliphatic carbocycles. The van der Waals surface area contributed by atoms with Crippen LogP contribution in [0.3, 0.4) is 0 Å². The summed E-state index contributed by atoms with van der Waals surface area (Å²) in [5.74, 6) is 1.37. The summed E-state index contributed by atoms with van der Waals surface area (Å²) in [4.78, 5) is 25.0. The molecule has 3 aromatic rings. The van der Waals surface area contributed by atoms with Gasteiger partial charge in [-0.25, -0.2) is 13.4 Å². The second-order valence-corrected chi connectivity index (χ2v) is 13.1. The topological polar surface area (TPSA) is 133 Å². The first-order chi connectivity index (χ1) is 19.7. The first-order valence-electron chi connectivity index (χ1n) is 13.9. The monoisotopic (exact) mass is 603 g/mol. The van der Waals surface area contributed by atoms with Crippen molar-refractivity contribution < 1.29 is 23.1 Å². The average molecular weight is 604 g/mol. The number of amides is 1. The Morgan fingerprint density at radius 3 is 2.61 bits per heavy atom. The SMILES string of the molecule is CS(=O)(=O)Nc1ccc(Cl)cc1C(=O)N1CCCCC1c1cc2nc(N3CCC(O)C3)cc(N3CCOCC3)n2n1. The van der Waals surface area contributed by atoms with Crippen LogP contribution in [0, 0.1) is 0 Å². The van der Waals surface area contributed by atoms with E-state index in [0.29, 0.717) is 49.8 Å². The fourth-order valence-electron chi connectivity index (χ4n) is 5.87. The molecule has 2 atom stereocenters. The number of aliphatic hydroxyl groups excluding tert-OH is 1. The van der Waals surface area contributed by atoms with Gasteiger partial charge in [0, 0.05) is 49.9 Å². The van der Waals surface area contributed by atoms with Crippen molar-refractivity contribution >= 4 is 50.5 Å². The summed E-state index contributed by atoms with van der Waals surface area (Å²) >= 11 is 6.24. The molecule has 0 saturated carbocycles. The third-order valence-electron chi connectivity index (χ3n) is 7.85. The van der Waals surface area contributed by atoms with Gasteiger partial charge in [-0.2, -0.15) is 9.61 Å². The number of nitrogens with zero attached hydrogens (tertiary/aromatic N) is 6. The van der Waals surface area contributed by atoms with Gasteiger partial charge in [-0.15, -0.1) is 0 Å². The zero-order valence-corrected chi connectivity index (χ0v) is 24.4. The largest absolute Gasteiger partial charge is 0.391 e. The van der Waals surface area contributed by atoms with Crippen molar-refractivity contribution in [1.29, 1.82) is 0 Å². The number of benzene rings is 1. The second-order valence-electron chi connectivity index (χ2n) is 10.9. The van der Waals surface area contributed by atoms with Crippen LogP contribution in [0.4, 0.5) is 17.3 Å². The van der Waals surface area contributed by atoms with Crippen molar-refractivity contribution in [3.63, 3.8) is 0 Å². The number of nitrogens with one attached hydrogen (secondary N) is 1. The van der Waals surface area contributed by atoms with Gasteiger partial charge in [0.2, 0.25) is 10.0 Å². The van der Waals surface area contributed by atoms with Crippen LogP contribution in [-0.2, 0) is 14.8 Å². The smallest absolute Gasteiger partial charge is 0.256 e. The highest BCUT2D eigenvalue weighted by Gasteiger charge is 2.33. The molecule has 0 spiro atoms. The van der Waals surface area contributed by atoms with Crippen LogP contribution in [0.1, 0.15) is 47.8 Å². The van der Waals surface area contributed by atoms with Gasteiger partial charge >= 0.3 is 0 Å². The number of piperidine rings is 1. The summed E-state index contributed by atoms with van der Waals surface area (Å²) in [5, 5.41) is 15.5. The Morgan fingerprint density at radius 1 is 1.07 bits per heavy atom. The van der Waals surface area contributed by atoms with Crippen LogP contribution in [0.15, 0.2) is 30.3 Å². The van der Waals surface area contributed by atoms with Crippen molar-refractivity contribution in [3.8, 4) is 0 Å². The van der Waals surface area contributed by atoms with E-state index in [2.05, 4.69) is 14.5 Å². The van der Waals surface area contributed by atoms with Gasteiger partial charge in [0.05, 0.1) is 48.6 Å². The molecule has 0 bridgehead atoms. The van der Waals surface area contributed by atoms with E-state index in [4.69, 9.17) is 26.4 Å². The van der Waals surface area contributed by atoms with Crippen molar-refractivity contribution in [3.05, 3.63) is 46.6 Å². The summed E-state index contributed by atoms with van der Waals surface area (Å²) in [6.45, 7) is 4.42. The maximum atomic E-state index is 14.0.